The SMILES string of the molecule is Clc1nc2ccccn2c1CNCC1CCCN1c1cccnn1. The lowest BCUT2D eigenvalue weighted by molar-refractivity contribution is 0.564. The lowest BCUT2D eigenvalue weighted by Gasteiger charge is -2.25. The molecule has 4 rings (SSSR count). The molecule has 0 radical (unpaired) electrons. The highest BCUT2D eigenvalue weighted by Gasteiger charge is 2.25. The van der Waals surface area contributed by atoms with Gasteiger partial charge in [0, 0.05) is 38.1 Å². The molecule has 1 unspecified atom stereocenters. The predicted octanol–water partition coefficient (Wildman–Crippen LogP) is 2.54. The van der Waals surface area contributed by atoms with Crippen LogP contribution in [0.3, 0.4) is 0 Å². The maximum Gasteiger partial charge on any atom is 0.152 e. The summed E-state index contributed by atoms with van der Waals surface area (Å²) in [4.78, 5) is 6.72. The molecule has 1 N–H and O–H groups in total. The molecule has 3 aromatic rings. The Morgan fingerprint density at radius 2 is 2.21 bits per heavy atom. The van der Waals surface area contributed by atoms with Crippen LogP contribution in [0.5, 0.6) is 0 Å². The maximum atomic E-state index is 6.29. The van der Waals surface area contributed by atoms with E-state index in [9.17, 15) is 0 Å². The summed E-state index contributed by atoms with van der Waals surface area (Å²) in [5.74, 6) is 0.953. The second-order valence-corrected chi connectivity index (χ2v) is 6.34. The van der Waals surface area contributed by atoms with Crippen LogP contribution in [0.4, 0.5) is 5.82 Å². The van der Waals surface area contributed by atoms with Gasteiger partial charge in [-0.2, -0.15) is 5.10 Å². The number of nitrogens with zero attached hydrogens (tertiary/aromatic N) is 5. The van der Waals surface area contributed by atoms with Gasteiger partial charge >= 0.3 is 0 Å². The molecule has 0 bridgehead atoms. The van der Waals surface area contributed by atoms with Gasteiger partial charge in [-0.1, -0.05) is 17.7 Å². The van der Waals surface area contributed by atoms with E-state index in [2.05, 4.69) is 25.4 Å². The van der Waals surface area contributed by atoms with Crippen LogP contribution in [-0.2, 0) is 6.54 Å². The molecule has 0 aliphatic carbocycles. The molecule has 0 saturated carbocycles. The largest absolute Gasteiger partial charge is 0.351 e. The van der Waals surface area contributed by atoms with Gasteiger partial charge in [0.2, 0.25) is 0 Å². The summed E-state index contributed by atoms with van der Waals surface area (Å²) in [6.07, 6.45) is 6.04. The highest BCUT2D eigenvalue weighted by Crippen LogP contribution is 2.23. The first-order valence-corrected chi connectivity index (χ1v) is 8.57. The molecule has 0 aromatic carbocycles. The van der Waals surface area contributed by atoms with Crippen molar-refractivity contribution in [2.24, 2.45) is 0 Å². The fourth-order valence-corrected chi connectivity index (χ4v) is 3.57. The Labute approximate surface area is 145 Å². The van der Waals surface area contributed by atoms with Crippen molar-refractivity contribution >= 4 is 23.1 Å². The first-order valence-electron chi connectivity index (χ1n) is 8.19. The number of anilines is 1. The van der Waals surface area contributed by atoms with E-state index in [1.165, 1.54) is 6.42 Å². The number of hydrogen-bond donors (Lipinski definition) is 1. The van der Waals surface area contributed by atoms with Crippen LogP contribution >= 0.6 is 11.6 Å². The van der Waals surface area contributed by atoms with E-state index >= 15 is 0 Å². The van der Waals surface area contributed by atoms with Crippen LogP contribution in [-0.4, -0.2) is 38.7 Å². The maximum absolute atomic E-state index is 6.29. The Bertz CT molecular complexity index is 818. The normalized spacial score (nSPS) is 17.7. The minimum Gasteiger partial charge on any atom is -0.351 e. The molecule has 4 heterocycles. The van der Waals surface area contributed by atoms with E-state index in [1.54, 1.807) is 6.20 Å². The average Bonchev–Trinajstić information content (AvgIpc) is 3.20. The number of nitrogens with one attached hydrogen (secondary N) is 1. The first-order chi connectivity index (χ1) is 11.8. The van der Waals surface area contributed by atoms with E-state index in [4.69, 9.17) is 11.6 Å². The van der Waals surface area contributed by atoms with Crippen molar-refractivity contribution in [3.63, 3.8) is 0 Å². The monoisotopic (exact) mass is 342 g/mol. The van der Waals surface area contributed by atoms with Crippen LogP contribution < -0.4 is 10.2 Å². The third kappa shape index (κ3) is 2.95. The molecule has 7 heteroatoms. The Morgan fingerprint density at radius 1 is 1.25 bits per heavy atom. The van der Waals surface area contributed by atoms with E-state index in [-0.39, 0.29) is 0 Å². The third-order valence-electron chi connectivity index (χ3n) is 4.48. The second kappa shape index (κ2) is 6.75. The van der Waals surface area contributed by atoms with Gasteiger partial charge in [0.15, 0.2) is 11.0 Å². The topological polar surface area (TPSA) is 58.4 Å². The van der Waals surface area contributed by atoms with Gasteiger partial charge in [0.05, 0.1) is 5.69 Å². The number of rotatable bonds is 5. The summed E-state index contributed by atoms with van der Waals surface area (Å²) in [6, 6.07) is 10.3. The minimum atomic E-state index is 0.430. The van der Waals surface area contributed by atoms with Gasteiger partial charge in [-0.25, -0.2) is 4.98 Å². The number of halogens is 1. The average molecular weight is 343 g/mol. The standard InChI is InChI=1S/C17H19ClN6/c18-17-14(24-9-2-1-6-15(24)21-17)12-19-11-13-5-4-10-23(13)16-7-3-8-20-22-16/h1-3,6-9,13,19H,4-5,10-12H2. The fraction of sp³-hybridized carbons (Fsp3) is 0.353. The van der Waals surface area contributed by atoms with Crippen molar-refractivity contribution in [3.8, 4) is 0 Å². The Morgan fingerprint density at radius 3 is 3.08 bits per heavy atom. The molecule has 1 aliphatic heterocycles. The summed E-state index contributed by atoms with van der Waals surface area (Å²) < 4.78 is 2.03. The molecule has 1 fully saturated rings. The van der Waals surface area contributed by atoms with E-state index in [0.717, 1.165) is 36.7 Å². The van der Waals surface area contributed by atoms with Crippen LogP contribution in [0, 0.1) is 0 Å². The van der Waals surface area contributed by atoms with Crippen LogP contribution in [0.2, 0.25) is 5.15 Å². The zero-order valence-corrected chi connectivity index (χ0v) is 14.0. The van der Waals surface area contributed by atoms with Crippen molar-refractivity contribution in [1.29, 1.82) is 0 Å². The zero-order chi connectivity index (χ0) is 16.4. The predicted molar refractivity (Wildman–Crippen MR) is 94.3 cm³/mol. The highest BCUT2D eigenvalue weighted by atomic mass is 35.5. The first kappa shape index (κ1) is 15.4. The van der Waals surface area contributed by atoms with Crippen LogP contribution in [0.1, 0.15) is 18.5 Å². The molecule has 1 saturated heterocycles. The minimum absolute atomic E-state index is 0.430. The smallest absolute Gasteiger partial charge is 0.152 e. The van der Waals surface area contributed by atoms with Gasteiger partial charge in [-0.3, -0.25) is 0 Å². The van der Waals surface area contributed by atoms with E-state index < -0.39 is 0 Å². The van der Waals surface area contributed by atoms with Gasteiger partial charge in [0.1, 0.15) is 5.65 Å². The molecule has 1 atom stereocenters. The lowest BCUT2D eigenvalue weighted by Crippen LogP contribution is -2.38. The molecule has 6 nitrogen and oxygen atoms in total. The summed E-state index contributed by atoms with van der Waals surface area (Å²) in [6.45, 7) is 2.60. The summed E-state index contributed by atoms with van der Waals surface area (Å²) >= 11 is 6.29. The van der Waals surface area contributed by atoms with Gasteiger partial charge < -0.3 is 14.6 Å². The van der Waals surface area contributed by atoms with Crippen molar-refractivity contribution in [3.05, 3.63) is 53.6 Å². The third-order valence-corrected chi connectivity index (χ3v) is 4.78. The second-order valence-electron chi connectivity index (χ2n) is 5.98. The van der Waals surface area contributed by atoms with Crippen molar-refractivity contribution in [2.45, 2.75) is 25.4 Å². The molecule has 0 amide bonds. The number of imidazole rings is 1. The van der Waals surface area contributed by atoms with Gasteiger partial charge in [-0.05, 0) is 37.1 Å². The Hall–Kier alpha value is -2.18. The molecule has 24 heavy (non-hydrogen) atoms. The van der Waals surface area contributed by atoms with Crippen molar-refractivity contribution in [1.82, 2.24) is 24.9 Å². The van der Waals surface area contributed by atoms with Crippen LogP contribution in [0.25, 0.3) is 5.65 Å². The number of fused-ring (bicyclic) bond motifs is 1. The quantitative estimate of drug-likeness (QED) is 0.772. The van der Waals surface area contributed by atoms with Gasteiger partial charge in [0.25, 0.3) is 0 Å². The summed E-state index contributed by atoms with van der Waals surface area (Å²) in [5, 5.41) is 12.3. The summed E-state index contributed by atoms with van der Waals surface area (Å²) in [5.41, 5.74) is 1.87. The van der Waals surface area contributed by atoms with E-state index in [1.807, 2.05) is 40.9 Å². The van der Waals surface area contributed by atoms with Gasteiger partial charge in [-0.15, -0.1) is 5.10 Å². The number of aromatic nitrogens is 4. The molecule has 0 spiro atoms. The highest BCUT2D eigenvalue weighted by molar-refractivity contribution is 6.30. The molecular formula is C17H19ClN6. The Kier molecular flexibility index (Phi) is 4.32. The molecule has 3 aromatic heterocycles. The van der Waals surface area contributed by atoms with Crippen molar-refractivity contribution in [2.75, 3.05) is 18.0 Å². The summed E-state index contributed by atoms with van der Waals surface area (Å²) in [7, 11) is 0. The molecular weight excluding hydrogens is 324 g/mol. The molecule has 124 valence electrons. The van der Waals surface area contributed by atoms with Crippen molar-refractivity contribution < 1.29 is 0 Å². The van der Waals surface area contributed by atoms with Crippen LogP contribution in [0.15, 0.2) is 42.7 Å². The van der Waals surface area contributed by atoms with E-state index in [0.29, 0.717) is 17.7 Å². The Balaban J connectivity index is 1.42. The molecule has 1 aliphatic rings. The lowest BCUT2D eigenvalue weighted by atomic mass is 10.2. The fourth-order valence-electron chi connectivity index (χ4n) is 3.33. The number of pyridine rings is 1. The zero-order valence-electron chi connectivity index (χ0n) is 13.3. The number of hydrogen-bond acceptors (Lipinski definition) is 5.